The van der Waals surface area contributed by atoms with E-state index in [-0.39, 0.29) is 6.17 Å². The van der Waals surface area contributed by atoms with Crippen LogP contribution in [0.3, 0.4) is 0 Å². The van der Waals surface area contributed by atoms with Crippen molar-refractivity contribution < 1.29 is 0 Å². The van der Waals surface area contributed by atoms with E-state index in [0.717, 1.165) is 24.0 Å². The molecule has 18 heavy (non-hydrogen) atoms. The lowest BCUT2D eigenvalue weighted by Crippen LogP contribution is -2.30. The molecule has 6 heteroatoms. The van der Waals surface area contributed by atoms with Crippen molar-refractivity contribution in [3.63, 3.8) is 0 Å². The third-order valence-electron chi connectivity index (χ3n) is 2.94. The summed E-state index contributed by atoms with van der Waals surface area (Å²) in [6.45, 7) is 2.18. The Balaban J connectivity index is 2.07. The normalized spacial score (nSPS) is 12.8. The summed E-state index contributed by atoms with van der Waals surface area (Å²) >= 11 is 0. The highest BCUT2D eigenvalue weighted by Crippen LogP contribution is 2.17. The highest BCUT2D eigenvalue weighted by molar-refractivity contribution is 5.82. The maximum absolute atomic E-state index is 6.04. The van der Waals surface area contributed by atoms with Gasteiger partial charge in [-0.3, -0.25) is 0 Å². The third kappa shape index (κ3) is 2.76. The van der Waals surface area contributed by atoms with Crippen LogP contribution < -0.4 is 11.1 Å². The predicted molar refractivity (Wildman–Crippen MR) is 72.0 cm³/mol. The Hall–Kier alpha value is -1.69. The minimum absolute atomic E-state index is 0.0864. The van der Waals surface area contributed by atoms with Crippen molar-refractivity contribution >= 4 is 17.0 Å². The van der Waals surface area contributed by atoms with Gasteiger partial charge in [0.15, 0.2) is 11.5 Å². The number of hydrogen-bond donors (Lipinski definition) is 2. The van der Waals surface area contributed by atoms with E-state index in [1.807, 2.05) is 11.6 Å². The van der Waals surface area contributed by atoms with E-state index < -0.39 is 0 Å². The van der Waals surface area contributed by atoms with E-state index in [9.17, 15) is 0 Å². The number of aryl methyl sites for hydroxylation is 1. The van der Waals surface area contributed by atoms with Crippen LogP contribution in [0.4, 0.5) is 5.82 Å². The molecule has 98 valence electrons. The number of rotatable bonds is 6. The summed E-state index contributed by atoms with van der Waals surface area (Å²) in [6, 6.07) is 0. The van der Waals surface area contributed by atoms with Gasteiger partial charge in [0.05, 0.1) is 12.5 Å². The Bertz CT molecular complexity index is 506. The molecular formula is C12H20N6. The zero-order valence-corrected chi connectivity index (χ0v) is 10.9. The minimum Gasteiger partial charge on any atom is -0.353 e. The second kappa shape index (κ2) is 5.77. The lowest BCUT2D eigenvalue weighted by molar-refractivity contribution is 0.599. The van der Waals surface area contributed by atoms with Gasteiger partial charge in [-0.1, -0.05) is 26.2 Å². The van der Waals surface area contributed by atoms with E-state index in [1.54, 1.807) is 6.33 Å². The number of anilines is 1. The molecule has 1 unspecified atom stereocenters. The Kier molecular flexibility index (Phi) is 4.09. The van der Waals surface area contributed by atoms with Crippen LogP contribution in [0.1, 0.15) is 32.6 Å². The first-order valence-electron chi connectivity index (χ1n) is 6.36. The van der Waals surface area contributed by atoms with Crippen LogP contribution in [0.2, 0.25) is 0 Å². The molecule has 0 radical (unpaired) electrons. The Morgan fingerprint density at radius 3 is 2.94 bits per heavy atom. The minimum atomic E-state index is -0.0864. The van der Waals surface area contributed by atoms with Gasteiger partial charge in [-0.2, -0.15) is 0 Å². The number of unbranched alkanes of at least 4 members (excludes halogenated alkanes) is 2. The van der Waals surface area contributed by atoms with Gasteiger partial charge < -0.3 is 15.6 Å². The standard InChI is InChI=1S/C12H20N6/c1-3-4-5-6-9(13)17-11-10-12(15-7-14-11)18(2)8-16-10/h7-9H,3-6,13H2,1-2H3,(H,14,15,17). The molecule has 0 amide bonds. The first-order valence-corrected chi connectivity index (χ1v) is 6.36. The van der Waals surface area contributed by atoms with Crippen molar-refractivity contribution in [3.05, 3.63) is 12.7 Å². The molecule has 0 saturated heterocycles. The molecule has 0 aromatic carbocycles. The summed E-state index contributed by atoms with van der Waals surface area (Å²) in [5.74, 6) is 0.713. The molecule has 2 heterocycles. The largest absolute Gasteiger partial charge is 0.353 e. The van der Waals surface area contributed by atoms with Crippen LogP contribution in [0.5, 0.6) is 0 Å². The van der Waals surface area contributed by atoms with E-state index in [2.05, 4.69) is 27.2 Å². The van der Waals surface area contributed by atoms with Crippen molar-refractivity contribution in [2.75, 3.05) is 5.32 Å². The van der Waals surface area contributed by atoms with Gasteiger partial charge in [-0.25, -0.2) is 15.0 Å². The second-order valence-electron chi connectivity index (χ2n) is 4.50. The van der Waals surface area contributed by atoms with Gasteiger partial charge in [0.2, 0.25) is 0 Å². The molecule has 0 aliphatic carbocycles. The number of imidazole rings is 1. The quantitative estimate of drug-likeness (QED) is 0.600. The molecule has 6 nitrogen and oxygen atoms in total. The number of fused-ring (bicyclic) bond motifs is 1. The Morgan fingerprint density at radius 1 is 1.33 bits per heavy atom. The summed E-state index contributed by atoms with van der Waals surface area (Å²) in [7, 11) is 1.91. The maximum atomic E-state index is 6.04. The first-order chi connectivity index (χ1) is 8.72. The SMILES string of the molecule is CCCCCC(N)Nc1ncnc2c1ncn2C. The molecule has 0 saturated carbocycles. The van der Waals surface area contributed by atoms with Gasteiger partial charge in [-0.05, 0) is 6.42 Å². The fourth-order valence-electron chi connectivity index (χ4n) is 1.91. The van der Waals surface area contributed by atoms with Gasteiger partial charge in [0.25, 0.3) is 0 Å². The zero-order chi connectivity index (χ0) is 13.0. The lowest BCUT2D eigenvalue weighted by Gasteiger charge is -2.14. The van der Waals surface area contributed by atoms with Gasteiger partial charge in [0.1, 0.15) is 11.8 Å². The Morgan fingerprint density at radius 2 is 2.17 bits per heavy atom. The smallest absolute Gasteiger partial charge is 0.165 e. The monoisotopic (exact) mass is 248 g/mol. The van der Waals surface area contributed by atoms with Crippen molar-refractivity contribution in [3.8, 4) is 0 Å². The number of nitrogens with zero attached hydrogens (tertiary/aromatic N) is 4. The lowest BCUT2D eigenvalue weighted by atomic mass is 10.2. The maximum Gasteiger partial charge on any atom is 0.165 e. The van der Waals surface area contributed by atoms with Gasteiger partial charge in [0, 0.05) is 7.05 Å². The first kappa shape index (κ1) is 12.8. The number of hydrogen-bond acceptors (Lipinski definition) is 5. The van der Waals surface area contributed by atoms with E-state index in [1.165, 1.54) is 19.2 Å². The number of aromatic nitrogens is 4. The van der Waals surface area contributed by atoms with Crippen LogP contribution in [-0.4, -0.2) is 25.7 Å². The van der Waals surface area contributed by atoms with Crippen LogP contribution in [0.15, 0.2) is 12.7 Å². The summed E-state index contributed by atoms with van der Waals surface area (Å²) < 4.78 is 1.87. The van der Waals surface area contributed by atoms with E-state index in [0.29, 0.717) is 5.82 Å². The van der Waals surface area contributed by atoms with Gasteiger partial charge in [-0.15, -0.1) is 0 Å². The van der Waals surface area contributed by atoms with E-state index >= 15 is 0 Å². The van der Waals surface area contributed by atoms with Crippen LogP contribution in [0, 0.1) is 0 Å². The molecule has 1 atom stereocenters. The summed E-state index contributed by atoms with van der Waals surface area (Å²) in [5, 5.41) is 3.21. The average molecular weight is 248 g/mol. The topological polar surface area (TPSA) is 81.7 Å². The van der Waals surface area contributed by atoms with E-state index in [4.69, 9.17) is 5.73 Å². The summed E-state index contributed by atoms with van der Waals surface area (Å²) in [4.78, 5) is 12.7. The predicted octanol–water partition coefficient (Wildman–Crippen LogP) is 1.64. The third-order valence-corrected chi connectivity index (χ3v) is 2.94. The van der Waals surface area contributed by atoms with Crippen LogP contribution in [0.25, 0.3) is 11.2 Å². The molecule has 0 fully saturated rings. The molecule has 0 aliphatic heterocycles. The average Bonchev–Trinajstić information content (AvgIpc) is 2.73. The van der Waals surface area contributed by atoms with Crippen molar-refractivity contribution in [2.24, 2.45) is 12.8 Å². The molecule has 3 N–H and O–H groups in total. The fraction of sp³-hybridized carbons (Fsp3) is 0.583. The molecule has 2 rings (SSSR count). The second-order valence-corrected chi connectivity index (χ2v) is 4.50. The van der Waals surface area contributed by atoms with Crippen LogP contribution in [-0.2, 0) is 7.05 Å². The fourth-order valence-corrected chi connectivity index (χ4v) is 1.91. The molecule has 2 aromatic heterocycles. The summed E-state index contributed by atoms with van der Waals surface area (Å²) in [6.07, 6.45) is 7.64. The van der Waals surface area contributed by atoms with Crippen LogP contribution >= 0.6 is 0 Å². The molecule has 0 spiro atoms. The summed E-state index contributed by atoms with van der Waals surface area (Å²) in [5.41, 5.74) is 7.62. The Labute approximate surface area is 107 Å². The number of nitrogens with two attached hydrogens (primary N) is 1. The zero-order valence-electron chi connectivity index (χ0n) is 10.9. The van der Waals surface area contributed by atoms with Crippen molar-refractivity contribution in [2.45, 2.75) is 38.8 Å². The molecular weight excluding hydrogens is 228 g/mol. The molecule has 0 bridgehead atoms. The number of nitrogens with one attached hydrogen (secondary N) is 1. The highest BCUT2D eigenvalue weighted by atomic mass is 15.2. The van der Waals surface area contributed by atoms with Crippen molar-refractivity contribution in [1.29, 1.82) is 0 Å². The molecule has 2 aromatic rings. The molecule has 0 aliphatic rings. The highest BCUT2D eigenvalue weighted by Gasteiger charge is 2.10. The van der Waals surface area contributed by atoms with Gasteiger partial charge >= 0.3 is 0 Å². The van der Waals surface area contributed by atoms with Crippen molar-refractivity contribution in [1.82, 2.24) is 19.5 Å².